The first kappa shape index (κ1) is 25.0. The summed E-state index contributed by atoms with van der Waals surface area (Å²) in [5, 5.41) is 5.86. The van der Waals surface area contributed by atoms with Crippen molar-refractivity contribution in [3.63, 3.8) is 0 Å². The zero-order valence-corrected chi connectivity index (χ0v) is 19.8. The molecule has 0 aliphatic rings. The molecule has 2 N–H and O–H groups in total. The second kappa shape index (κ2) is 13.8. The second-order valence-electron chi connectivity index (χ2n) is 6.98. The van der Waals surface area contributed by atoms with E-state index < -0.39 is 0 Å². The Kier molecular flexibility index (Phi) is 10.2. The van der Waals surface area contributed by atoms with Crippen LogP contribution in [0.2, 0.25) is 0 Å². The molecule has 178 valence electrons. The molecule has 0 heterocycles. The molecule has 0 bridgehead atoms. The Bertz CT molecular complexity index is 1040. The first-order valence-electron chi connectivity index (χ1n) is 11.0. The Labute approximate surface area is 205 Å². The van der Waals surface area contributed by atoms with Gasteiger partial charge in [-0.3, -0.25) is 10.1 Å². The third kappa shape index (κ3) is 8.38. The predicted octanol–water partition coefficient (Wildman–Crippen LogP) is 4.69. The fraction of sp³-hybridized carbons (Fsp3) is 0.231. The van der Waals surface area contributed by atoms with Gasteiger partial charge in [0.1, 0.15) is 37.1 Å². The standard InChI is InChI=1S/C26H28N2O5S/c1-2-30-16-17-33-24-11-7-6-10-23(24)27-26(34)28-25(29)20-12-14-22(15-13-20)32-19-18-31-21-8-4-3-5-9-21/h3-15H,2,16-19H2,1H3,(H2,27,28,29,34). The Balaban J connectivity index is 1.44. The minimum Gasteiger partial charge on any atom is -0.490 e. The van der Waals surface area contributed by atoms with E-state index in [0.29, 0.717) is 55.8 Å². The van der Waals surface area contributed by atoms with Crippen molar-refractivity contribution in [2.24, 2.45) is 0 Å². The van der Waals surface area contributed by atoms with Crippen LogP contribution >= 0.6 is 12.2 Å². The minimum absolute atomic E-state index is 0.171. The van der Waals surface area contributed by atoms with Gasteiger partial charge in [0.2, 0.25) is 0 Å². The zero-order chi connectivity index (χ0) is 24.0. The van der Waals surface area contributed by atoms with Gasteiger partial charge in [-0.1, -0.05) is 30.3 Å². The minimum atomic E-state index is -0.328. The largest absolute Gasteiger partial charge is 0.490 e. The molecular weight excluding hydrogens is 452 g/mol. The molecule has 8 heteroatoms. The molecule has 34 heavy (non-hydrogen) atoms. The molecule has 7 nitrogen and oxygen atoms in total. The van der Waals surface area contributed by atoms with Crippen LogP contribution in [0.15, 0.2) is 78.9 Å². The third-order valence-electron chi connectivity index (χ3n) is 4.53. The number of hydrogen-bond acceptors (Lipinski definition) is 6. The van der Waals surface area contributed by atoms with Crippen LogP contribution in [0.3, 0.4) is 0 Å². The maximum Gasteiger partial charge on any atom is 0.257 e. The van der Waals surface area contributed by atoms with Crippen LogP contribution in [-0.4, -0.2) is 44.1 Å². The summed E-state index contributed by atoms with van der Waals surface area (Å²) in [6.45, 7) is 4.28. The number of carbonyl (C=O) groups excluding carboxylic acids is 1. The monoisotopic (exact) mass is 480 g/mol. The number of carbonyl (C=O) groups is 1. The highest BCUT2D eigenvalue weighted by atomic mass is 32.1. The van der Waals surface area contributed by atoms with Crippen molar-refractivity contribution in [1.82, 2.24) is 5.32 Å². The number of anilines is 1. The number of para-hydroxylation sites is 3. The van der Waals surface area contributed by atoms with E-state index in [9.17, 15) is 4.79 Å². The van der Waals surface area contributed by atoms with Crippen molar-refractivity contribution >= 4 is 28.9 Å². The quantitative estimate of drug-likeness (QED) is 0.288. The van der Waals surface area contributed by atoms with E-state index >= 15 is 0 Å². The molecule has 0 spiro atoms. The lowest BCUT2D eigenvalue weighted by molar-refractivity contribution is 0.0977. The molecule has 3 rings (SSSR count). The van der Waals surface area contributed by atoms with Gasteiger partial charge < -0.3 is 24.3 Å². The van der Waals surface area contributed by atoms with Crippen LogP contribution < -0.4 is 24.8 Å². The first-order chi connectivity index (χ1) is 16.7. The SMILES string of the molecule is CCOCCOc1ccccc1NC(=S)NC(=O)c1ccc(OCCOc2ccccc2)cc1. The van der Waals surface area contributed by atoms with Crippen molar-refractivity contribution in [3.8, 4) is 17.2 Å². The molecule has 0 unspecified atom stereocenters. The Morgan fingerprint density at radius 2 is 1.38 bits per heavy atom. The zero-order valence-electron chi connectivity index (χ0n) is 19.0. The van der Waals surface area contributed by atoms with Crippen LogP contribution in [0.25, 0.3) is 0 Å². The lowest BCUT2D eigenvalue weighted by Crippen LogP contribution is -2.34. The van der Waals surface area contributed by atoms with Gasteiger partial charge in [-0.15, -0.1) is 0 Å². The molecule has 3 aromatic carbocycles. The van der Waals surface area contributed by atoms with E-state index in [0.717, 1.165) is 5.75 Å². The molecule has 0 aromatic heterocycles. The Hall–Kier alpha value is -3.62. The number of hydrogen-bond donors (Lipinski definition) is 2. The number of ether oxygens (including phenoxy) is 4. The average molecular weight is 481 g/mol. The van der Waals surface area contributed by atoms with Gasteiger partial charge in [0.25, 0.3) is 5.91 Å². The van der Waals surface area contributed by atoms with E-state index in [2.05, 4.69) is 10.6 Å². The van der Waals surface area contributed by atoms with Crippen LogP contribution in [0.1, 0.15) is 17.3 Å². The molecule has 0 aliphatic heterocycles. The highest BCUT2D eigenvalue weighted by molar-refractivity contribution is 7.80. The Morgan fingerprint density at radius 3 is 2.09 bits per heavy atom. The number of rotatable bonds is 12. The number of amides is 1. The van der Waals surface area contributed by atoms with Gasteiger partial charge in [-0.2, -0.15) is 0 Å². The Morgan fingerprint density at radius 1 is 0.765 bits per heavy atom. The van der Waals surface area contributed by atoms with Gasteiger partial charge in [-0.05, 0) is 67.7 Å². The van der Waals surface area contributed by atoms with Gasteiger partial charge in [0.15, 0.2) is 5.11 Å². The van der Waals surface area contributed by atoms with Gasteiger partial charge in [0.05, 0.1) is 12.3 Å². The maximum absolute atomic E-state index is 12.6. The molecule has 3 aromatic rings. The summed E-state index contributed by atoms with van der Waals surface area (Å²) in [6, 6.07) is 23.7. The summed E-state index contributed by atoms with van der Waals surface area (Å²) in [6.07, 6.45) is 0. The van der Waals surface area contributed by atoms with Gasteiger partial charge >= 0.3 is 0 Å². The average Bonchev–Trinajstić information content (AvgIpc) is 2.86. The van der Waals surface area contributed by atoms with Crippen molar-refractivity contribution in [2.45, 2.75) is 6.92 Å². The molecule has 0 aliphatic carbocycles. The van der Waals surface area contributed by atoms with Crippen molar-refractivity contribution in [2.75, 3.05) is 38.4 Å². The number of nitrogens with one attached hydrogen (secondary N) is 2. The van der Waals surface area contributed by atoms with Crippen LogP contribution in [0.5, 0.6) is 17.2 Å². The third-order valence-corrected chi connectivity index (χ3v) is 4.74. The highest BCUT2D eigenvalue weighted by Gasteiger charge is 2.10. The number of benzene rings is 3. The topological polar surface area (TPSA) is 78.1 Å². The van der Waals surface area contributed by atoms with E-state index in [1.807, 2.05) is 61.5 Å². The summed E-state index contributed by atoms with van der Waals surface area (Å²) in [7, 11) is 0. The molecular formula is C26H28N2O5S. The van der Waals surface area contributed by atoms with Crippen LogP contribution in [0, 0.1) is 0 Å². The summed E-state index contributed by atoms with van der Waals surface area (Å²) in [5.41, 5.74) is 1.11. The lowest BCUT2D eigenvalue weighted by Gasteiger charge is -2.14. The van der Waals surface area contributed by atoms with Crippen LogP contribution in [0.4, 0.5) is 5.69 Å². The molecule has 1 amide bonds. The molecule has 0 saturated heterocycles. The van der Waals surface area contributed by atoms with Crippen molar-refractivity contribution in [3.05, 3.63) is 84.4 Å². The van der Waals surface area contributed by atoms with Crippen LogP contribution in [-0.2, 0) is 4.74 Å². The predicted molar refractivity (Wildman–Crippen MR) is 136 cm³/mol. The van der Waals surface area contributed by atoms with E-state index in [-0.39, 0.29) is 11.0 Å². The highest BCUT2D eigenvalue weighted by Crippen LogP contribution is 2.23. The van der Waals surface area contributed by atoms with Crippen molar-refractivity contribution in [1.29, 1.82) is 0 Å². The fourth-order valence-electron chi connectivity index (χ4n) is 2.92. The van der Waals surface area contributed by atoms with E-state index in [4.69, 9.17) is 31.2 Å². The molecule has 0 fully saturated rings. The summed E-state index contributed by atoms with van der Waals surface area (Å²) in [4.78, 5) is 12.6. The number of thiocarbonyl (C=S) groups is 1. The second-order valence-corrected chi connectivity index (χ2v) is 7.39. The smallest absolute Gasteiger partial charge is 0.257 e. The van der Waals surface area contributed by atoms with Gasteiger partial charge in [-0.25, -0.2) is 0 Å². The fourth-order valence-corrected chi connectivity index (χ4v) is 3.12. The molecule has 0 atom stereocenters. The normalized spacial score (nSPS) is 10.3. The van der Waals surface area contributed by atoms with E-state index in [1.54, 1.807) is 24.3 Å². The van der Waals surface area contributed by atoms with E-state index in [1.165, 1.54) is 0 Å². The summed E-state index contributed by atoms with van der Waals surface area (Å²) >= 11 is 5.30. The van der Waals surface area contributed by atoms with Crippen molar-refractivity contribution < 1.29 is 23.7 Å². The lowest BCUT2D eigenvalue weighted by atomic mass is 10.2. The summed E-state index contributed by atoms with van der Waals surface area (Å²) in [5.74, 6) is 1.73. The van der Waals surface area contributed by atoms with Gasteiger partial charge in [0, 0.05) is 12.2 Å². The first-order valence-corrected chi connectivity index (χ1v) is 11.4. The molecule has 0 saturated carbocycles. The molecule has 0 radical (unpaired) electrons. The maximum atomic E-state index is 12.6. The summed E-state index contributed by atoms with van der Waals surface area (Å²) < 4.78 is 22.3.